The molecule has 7 heteroatoms. The van der Waals surface area contributed by atoms with Crippen molar-refractivity contribution < 1.29 is 9.53 Å². The Balaban J connectivity index is 1.44. The number of nitrogens with zero attached hydrogens (tertiary/aromatic N) is 3. The lowest BCUT2D eigenvalue weighted by atomic mass is 9.98. The molecule has 2 fully saturated rings. The van der Waals surface area contributed by atoms with Gasteiger partial charge in [-0.3, -0.25) is 4.79 Å². The minimum atomic E-state index is 0.217. The predicted octanol–water partition coefficient (Wildman–Crippen LogP) is 4.93. The molecule has 3 heterocycles. The van der Waals surface area contributed by atoms with Gasteiger partial charge in [0.2, 0.25) is 0 Å². The highest BCUT2D eigenvalue weighted by Crippen LogP contribution is 2.34. The number of ketones is 1. The average Bonchev–Trinajstić information content (AvgIpc) is 3.21. The molecule has 3 aromatic rings. The number of rotatable bonds is 7. The fraction of sp³-hybridized carbons (Fsp3) is 0.435. The fourth-order valence-electron chi connectivity index (χ4n) is 4.12. The first-order valence-corrected chi connectivity index (χ1v) is 11.0. The first kappa shape index (κ1) is 19.5. The van der Waals surface area contributed by atoms with Crippen molar-refractivity contribution in [1.82, 2.24) is 14.6 Å². The molecular formula is C23H25ClN4O2. The number of hydrogen-bond acceptors (Lipinski definition) is 5. The second-order valence-electron chi connectivity index (χ2n) is 8.38. The Hall–Kier alpha value is -2.44. The number of carbonyl (C=O) groups excluding carboxylic acids is 1. The monoisotopic (exact) mass is 424 g/mol. The number of aryl methyl sites for hydroxylation is 1. The van der Waals surface area contributed by atoms with Crippen LogP contribution in [0.25, 0.3) is 16.9 Å². The standard InChI is InChI=1S/C23H25ClN4O2/c1-14-9-16(6-7-18(14)21(29)10-15-4-5-15)20-13-26-23-19(11-22(24)27-28(20)23)25-12-17-3-2-8-30-17/h6-7,9,11,13,15,17,25H,2-5,8,10,12H2,1H3/t17-/m1/s1. The van der Waals surface area contributed by atoms with Crippen LogP contribution in [0, 0.1) is 12.8 Å². The van der Waals surface area contributed by atoms with Gasteiger partial charge in [0.05, 0.1) is 23.7 Å². The van der Waals surface area contributed by atoms with Crippen LogP contribution in [0.1, 0.15) is 48.0 Å². The lowest BCUT2D eigenvalue weighted by molar-refractivity contribution is 0.0975. The molecule has 1 aliphatic carbocycles. The molecule has 1 aromatic carbocycles. The number of Topliss-reactive ketones (excluding diaryl/α,β-unsaturated/α-hetero) is 1. The summed E-state index contributed by atoms with van der Waals surface area (Å²) in [6.45, 7) is 3.53. The zero-order valence-corrected chi connectivity index (χ0v) is 17.8. The molecule has 6 nitrogen and oxygen atoms in total. The molecule has 0 radical (unpaired) electrons. The van der Waals surface area contributed by atoms with Gasteiger partial charge in [-0.1, -0.05) is 23.7 Å². The molecule has 0 amide bonds. The Morgan fingerprint density at radius 3 is 2.90 bits per heavy atom. The zero-order chi connectivity index (χ0) is 20.7. The van der Waals surface area contributed by atoms with Gasteiger partial charge in [0.25, 0.3) is 0 Å². The quantitative estimate of drug-likeness (QED) is 0.544. The number of aromatic nitrogens is 3. The van der Waals surface area contributed by atoms with Gasteiger partial charge in [-0.05, 0) is 50.2 Å². The first-order chi connectivity index (χ1) is 14.6. The average molecular weight is 425 g/mol. The molecular weight excluding hydrogens is 400 g/mol. The third-order valence-corrected chi connectivity index (χ3v) is 6.16. The van der Waals surface area contributed by atoms with E-state index < -0.39 is 0 Å². The SMILES string of the molecule is Cc1cc(-c2cnc3c(NC[C@H]4CCCO4)cc(Cl)nn23)ccc1C(=O)CC1CC1. The molecule has 156 valence electrons. The smallest absolute Gasteiger partial charge is 0.177 e. The van der Waals surface area contributed by atoms with Crippen LogP contribution < -0.4 is 5.32 Å². The largest absolute Gasteiger partial charge is 0.379 e. The summed E-state index contributed by atoms with van der Waals surface area (Å²) >= 11 is 6.31. The number of nitrogens with one attached hydrogen (secondary N) is 1. The van der Waals surface area contributed by atoms with E-state index in [0.717, 1.165) is 59.7 Å². The van der Waals surface area contributed by atoms with Crippen molar-refractivity contribution in [3.63, 3.8) is 0 Å². The van der Waals surface area contributed by atoms with Crippen LogP contribution in [-0.2, 0) is 4.74 Å². The normalized spacial score (nSPS) is 18.8. The maximum Gasteiger partial charge on any atom is 0.177 e. The van der Waals surface area contributed by atoms with Gasteiger partial charge in [-0.25, -0.2) is 9.50 Å². The van der Waals surface area contributed by atoms with Crippen molar-refractivity contribution >= 4 is 28.7 Å². The summed E-state index contributed by atoms with van der Waals surface area (Å²) in [6, 6.07) is 7.73. The van der Waals surface area contributed by atoms with Crippen LogP contribution in [0.4, 0.5) is 5.69 Å². The number of hydrogen-bond donors (Lipinski definition) is 1. The number of imidazole rings is 1. The van der Waals surface area contributed by atoms with Gasteiger partial charge >= 0.3 is 0 Å². The van der Waals surface area contributed by atoms with E-state index in [2.05, 4.69) is 15.4 Å². The summed E-state index contributed by atoms with van der Waals surface area (Å²) in [7, 11) is 0. The van der Waals surface area contributed by atoms with Gasteiger partial charge in [0.15, 0.2) is 16.6 Å². The lowest BCUT2D eigenvalue weighted by Crippen LogP contribution is -2.19. The van der Waals surface area contributed by atoms with E-state index in [1.54, 1.807) is 16.8 Å². The number of ether oxygens (including phenoxy) is 1. The minimum absolute atomic E-state index is 0.217. The zero-order valence-electron chi connectivity index (χ0n) is 17.0. The van der Waals surface area contributed by atoms with Gasteiger partial charge < -0.3 is 10.1 Å². The van der Waals surface area contributed by atoms with Crippen molar-refractivity contribution in [2.24, 2.45) is 5.92 Å². The van der Waals surface area contributed by atoms with E-state index in [1.807, 2.05) is 25.1 Å². The first-order valence-electron chi connectivity index (χ1n) is 10.6. The van der Waals surface area contributed by atoms with E-state index in [1.165, 1.54) is 12.8 Å². The van der Waals surface area contributed by atoms with E-state index in [9.17, 15) is 4.79 Å². The molecule has 2 aliphatic rings. The molecule has 1 saturated heterocycles. The second kappa shape index (κ2) is 8.00. The van der Waals surface area contributed by atoms with E-state index in [4.69, 9.17) is 16.3 Å². The van der Waals surface area contributed by atoms with Crippen LogP contribution in [0.2, 0.25) is 5.15 Å². The number of benzene rings is 1. The van der Waals surface area contributed by atoms with Gasteiger partial charge in [0.1, 0.15) is 0 Å². The van der Waals surface area contributed by atoms with E-state index in [0.29, 0.717) is 17.5 Å². The topological polar surface area (TPSA) is 68.5 Å². The molecule has 2 aromatic heterocycles. The molecule has 1 N–H and O–H groups in total. The summed E-state index contributed by atoms with van der Waals surface area (Å²) in [5.41, 5.74) is 5.15. The summed E-state index contributed by atoms with van der Waals surface area (Å²) in [5.74, 6) is 0.823. The Morgan fingerprint density at radius 1 is 1.30 bits per heavy atom. The van der Waals surface area contributed by atoms with E-state index >= 15 is 0 Å². The van der Waals surface area contributed by atoms with Crippen molar-refractivity contribution in [2.45, 2.75) is 45.1 Å². The third kappa shape index (κ3) is 3.94. The Labute approximate surface area is 180 Å². The van der Waals surface area contributed by atoms with Crippen molar-refractivity contribution in [1.29, 1.82) is 0 Å². The van der Waals surface area contributed by atoms with Gasteiger partial charge in [0, 0.05) is 36.8 Å². The Bertz CT molecular complexity index is 1100. The molecule has 0 spiro atoms. The lowest BCUT2D eigenvalue weighted by Gasteiger charge is -2.13. The van der Waals surface area contributed by atoms with E-state index in [-0.39, 0.29) is 11.9 Å². The molecule has 1 atom stereocenters. The fourth-order valence-corrected chi connectivity index (χ4v) is 4.31. The van der Waals surface area contributed by atoms with Crippen molar-refractivity contribution in [2.75, 3.05) is 18.5 Å². The predicted molar refractivity (Wildman–Crippen MR) is 117 cm³/mol. The minimum Gasteiger partial charge on any atom is -0.379 e. The van der Waals surface area contributed by atoms with Gasteiger partial charge in [-0.15, -0.1) is 0 Å². The number of halogens is 1. The van der Waals surface area contributed by atoms with Crippen molar-refractivity contribution in [3.05, 3.63) is 46.7 Å². The highest BCUT2D eigenvalue weighted by atomic mass is 35.5. The number of fused-ring (bicyclic) bond motifs is 1. The maximum absolute atomic E-state index is 12.5. The number of carbonyl (C=O) groups is 1. The highest BCUT2D eigenvalue weighted by molar-refractivity contribution is 6.29. The van der Waals surface area contributed by atoms with Crippen LogP contribution in [0.15, 0.2) is 30.5 Å². The molecule has 30 heavy (non-hydrogen) atoms. The van der Waals surface area contributed by atoms with Crippen LogP contribution >= 0.6 is 11.6 Å². The molecule has 1 saturated carbocycles. The van der Waals surface area contributed by atoms with Crippen LogP contribution in [-0.4, -0.2) is 39.6 Å². The summed E-state index contributed by atoms with van der Waals surface area (Å²) in [4.78, 5) is 17.1. The Kier molecular flexibility index (Phi) is 5.21. The summed E-state index contributed by atoms with van der Waals surface area (Å²) in [6.07, 6.45) is 7.21. The molecule has 0 bridgehead atoms. The molecule has 5 rings (SSSR count). The highest BCUT2D eigenvalue weighted by Gasteiger charge is 2.25. The van der Waals surface area contributed by atoms with Crippen LogP contribution in [0.5, 0.6) is 0 Å². The summed E-state index contributed by atoms with van der Waals surface area (Å²) in [5, 5.41) is 8.28. The van der Waals surface area contributed by atoms with Gasteiger partial charge in [-0.2, -0.15) is 5.10 Å². The summed E-state index contributed by atoms with van der Waals surface area (Å²) < 4.78 is 7.46. The molecule has 0 unspecified atom stereocenters. The maximum atomic E-state index is 12.5. The molecule has 1 aliphatic heterocycles. The van der Waals surface area contributed by atoms with Crippen molar-refractivity contribution in [3.8, 4) is 11.3 Å². The Morgan fingerprint density at radius 2 is 2.17 bits per heavy atom. The second-order valence-corrected chi connectivity index (χ2v) is 8.76. The third-order valence-electron chi connectivity index (χ3n) is 5.98. The number of anilines is 1. The van der Waals surface area contributed by atoms with Crippen LogP contribution in [0.3, 0.4) is 0 Å².